The molecule has 0 unspecified atom stereocenters. The summed E-state index contributed by atoms with van der Waals surface area (Å²) < 4.78 is 5.73. The summed E-state index contributed by atoms with van der Waals surface area (Å²) in [5.74, 6) is 0.0501. The molecule has 2 amide bonds. The number of hydrogen-bond acceptors (Lipinski definition) is 3. The molecule has 2 rings (SSSR count). The zero-order valence-corrected chi connectivity index (χ0v) is 15.7. The van der Waals surface area contributed by atoms with Crippen molar-refractivity contribution in [3.63, 3.8) is 0 Å². The van der Waals surface area contributed by atoms with Crippen LogP contribution in [0.25, 0.3) is 0 Å². The van der Waals surface area contributed by atoms with Gasteiger partial charge >= 0.3 is 0 Å². The fraction of sp³-hybridized carbons (Fsp3) is 0.600. The average molecular weight is 346 g/mol. The van der Waals surface area contributed by atoms with Gasteiger partial charge in [0.2, 0.25) is 11.8 Å². The second kappa shape index (κ2) is 8.37. The molecule has 5 nitrogen and oxygen atoms in total. The highest BCUT2D eigenvalue weighted by molar-refractivity contribution is 6.10. The van der Waals surface area contributed by atoms with Gasteiger partial charge in [0.1, 0.15) is 11.2 Å². The highest BCUT2D eigenvalue weighted by Gasteiger charge is 2.37. The normalized spacial score (nSPS) is 15.7. The number of para-hydroxylation sites is 2. The van der Waals surface area contributed by atoms with Crippen molar-refractivity contribution < 1.29 is 14.3 Å². The van der Waals surface area contributed by atoms with Crippen molar-refractivity contribution in [1.29, 1.82) is 0 Å². The first kappa shape index (κ1) is 19.3. The number of carbonyl (C=O) groups is 2. The van der Waals surface area contributed by atoms with Gasteiger partial charge in [0, 0.05) is 6.04 Å². The minimum Gasteiger partial charge on any atom is -0.489 e. The molecule has 0 aromatic heterocycles. The Bertz CT molecular complexity index is 605. The van der Waals surface area contributed by atoms with Gasteiger partial charge in [-0.3, -0.25) is 9.59 Å². The Hall–Kier alpha value is -2.04. The van der Waals surface area contributed by atoms with Gasteiger partial charge in [-0.15, -0.1) is 0 Å². The maximum Gasteiger partial charge on any atom is 0.239 e. The van der Waals surface area contributed by atoms with Gasteiger partial charge in [0.25, 0.3) is 0 Å². The number of benzene rings is 1. The summed E-state index contributed by atoms with van der Waals surface area (Å²) in [6.45, 7) is 7.18. The molecule has 2 N–H and O–H groups in total. The Morgan fingerprint density at radius 3 is 2.36 bits per heavy atom. The zero-order chi connectivity index (χ0) is 18.4. The summed E-state index contributed by atoms with van der Waals surface area (Å²) in [4.78, 5) is 25.4. The third kappa shape index (κ3) is 5.21. The molecule has 1 aromatic carbocycles. The van der Waals surface area contributed by atoms with Crippen molar-refractivity contribution in [2.45, 2.75) is 71.9 Å². The summed E-state index contributed by atoms with van der Waals surface area (Å²) in [5, 5.41) is 5.89. The van der Waals surface area contributed by atoms with E-state index in [0.29, 0.717) is 11.4 Å². The molecule has 0 heterocycles. The molecule has 0 spiro atoms. The summed E-state index contributed by atoms with van der Waals surface area (Å²) >= 11 is 0. The zero-order valence-electron chi connectivity index (χ0n) is 15.7. The molecule has 1 aliphatic carbocycles. The Morgan fingerprint density at radius 2 is 1.72 bits per heavy atom. The van der Waals surface area contributed by atoms with E-state index in [0.717, 1.165) is 25.7 Å². The minimum atomic E-state index is -1.15. The number of ether oxygens (including phenoxy) is 1. The van der Waals surface area contributed by atoms with E-state index in [2.05, 4.69) is 10.6 Å². The minimum absolute atomic E-state index is 0.000613. The quantitative estimate of drug-likeness (QED) is 0.768. The highest BCUT2D eigenvalue weighted by atomic mass is 16.5. The number of nitrogens with one attached hydrogen (secondary N) is 2. The molecule has 0 saturated heterocycles. The van der Waals surface area contributed by atoms with E-state index in [9.17, 15) is 9.59 Å². The lowest BCUT2D eigenvalue weighted by Crippen LogP contribution is -2.49. The maximum atomic E-state index is 12.7. The predicted octanol–water partition coefficient (Wildman–Crippen LogP) is 3.89. The second-order valence-electron chi connectivity index (χ2n) is 7.55. The smallest absolute Gasteiger partial charge is 0.239 e. The molecule has 1 fully saturated rings. The number of rotatable bonds is 6. The van der Waals surface area contributed by atoms with Gasteiger partial charge < -0.3 is 15.4 Å². The number of amides is 2. The van der Waals surface area contributed by atoms with Crippen LogP contribution < -0.4 is 15.4 Å². The largest absolute Gasteiger partial charge is 0.489 e. The van der Waals surface area contributed by atoms with Crippen LogP contribution in [0.4, 0.5) is 5.69 Å². The van der Waals surface area contributed by atoms with Crippen LogP contribution in [0.2, 0.25) is 0 Å². The Kier molecular flexibility index (Phi) is 6.45. The van der Waals surface area contributed by atoms with Gasteiger partial charge in [-0.2, -0.15) is 0 Å². The van der Waals surface area contributed by atoms with E-state index >= 15 is 0 Å². The van der Waals surface area contributed by atoms with Gasteiger partial charge in [-0.25, -0.2) is 0 Å². The molecule has 138 valence electrons. The van der Waals surface area contributed by atoms with Crippen LogP contribution in [0.1, 0.15) is 59.8 Å². The molecular weight excluding hydrogens is 316 g/mol. The fourth-order valence-corrected chi connectivity index (χ4v) is 2.92. The van der Waals surface area contributed by atoms with Gasteiger partial charge in [0.15, 0.2) is 0 Å². The highest BCUT2D eigenvalue weighted by Crippen LogP contribution is 2.28. The van der Waals surface area contributed by atoms with Crippen molar-refractivity contribution in [1.82, 2.24) is 5.32 Å². The van der Waals surface area contributed by atoms with E-state index in [1.165, 1.54) is 6.42 Å². The van der Waals surface area contributed by atoms with Crippen LogP contribution in [-0.2, 0) is 9.59 Å². The van der Waals surface area contributed by atoms with Crippen LogP contribution in [-0.4, -0.2) is 24.0 Å². The number of carbonyl (C=O) groups excluding carboxylic acids is 2. The number of anilines is 1. The predicted molar refractivity (Wildman–Crippen MR) is 99.6 cm³/mol. The first-order chi connectivity index (χ1) is 11.8. The summed E-state index contributed by atoms with van der Waals surface area (Å²) in [7, 11) is 0. The second-order valence-corrected chi connectivity index (χ2v) is 7.55. The molecular formula is C20H30N2O3. The van der Waals surface area contributed by atoms with E-state index in [1.54, 1.807) is 19.9 Å². The van der Waals surface area contributed by atoms with Crippen LogP contribution in [0, 0.1) is 5.41 Å². The molecule has 1 aliphatic rings. The third-order valence-electron chi connectivity index (χ3n) is 4.57. The van der Waals surface area contributed by atoms with E-state index in [4.69, 9.17) is 4.74 Å². The van der Waals surface area contributed by atoms with E-state index in [1.807, 2.05) is 32.0 Å². The third-order valence-corrected chi connectivity index (χ3v) is 4.57. The summed E-state index contributed by atoms with van der Waals surface area (Å²) in [6.07, 6.45) is 5.49. The van der Waals surface area contributed by atoms with Crippen molar-refractivity contribution >= 4 is 17.5 Å². The SMILES string of the molecule is CC(C)Oc1ccccc1NC(=O)C(C)(C)C(=O)NC1CCCCC1. The summed E-state index contributed by atoms with van der Waals surface area (Å²) in [5.41, 5.74) is -0.567. The van der Waals surface area contributed by atoms with Gasteiger partial charge in [-0.1, -0.05) is 31.4 Å². The lowest BCUT2D eigenvalue weighted by Gasteiger charge is -2.28. The number of hydrogen-bond donors (Lipinski definition) is 2. The average Bonchev–Trinajstić information content (AvgIpc) is 2.57. The van der Waals surface area contributed by atoms with Crippen molar-refractivity contribution in [3.8, 4) is 5.75 Å². The first-order valence-corrected chi connectivity index (χ1v) is 9.19. The molecule has 0 atom stereocenters. The fourth-order valence-electron chi connectivity index (χ4n) is 2.92. The maximum absolute atomic E-state index is 12.7. The van der Waals surface area contributed by atoms with Crippen LogP contribution in [0.15, 0.2) is 24.3 Å². The molecule has 0 aliphatic heterocycles. The van der Waals surface area contributed by atoms with Crippen molar-refractivity contribution in [2.75, 3.05) is 5.32 Å². The standard InChI is InChI=1S/C20H30N2O3/c1-14(2)25-17-13-9-8-12-16(17)22-19(24)20(3,4)18(23)21-15-10-6-5-7-11-15/h8-9,12-15H,5-7,10-11H2,1-4H3,(H,21,23)(H,22,24). The molecule has 25 heavy (non-hydrogen) atoms. The Balaban J connectivity index is 2.04. The van der Waals surface area contributed by atoms with Crippen molar-refractivity contribution in [2.24, 2.45) is 5.41 Å². The molecule has 1 aromatic rings. The lowest BCUT2D eigenvalue weighted by molar-refractivity contribution is -0.139. The van der Waals surface area contributed by atoms with E-state index in [-0.39, 0.29) is 24.0 Å². The van der Waals surface area contributed by atoms with E-state index < -0.39 is 5.41 Å². The van der Waals surface area contributed by atoms with Crippen LogP contribution >= 0.6 is 0 Å². The lowest BCUT2D eigenvalue weighted by atomic mass is 9.88. The molecule has 5 heteroatoms. The first-order valence-electron chi connectivity index (χ1n) is 9.19. The van der Waals surface area contributed by atoms with Crippen molar-refractivity contribution in [3.05, 3.63) is 24.3 Å². The summed E-state index contributed by atoms with van der Waals surface area (Å²) in [6, 6.07) is 7.46. The molecule has 0 bridgehead atoms. The Morgan fingerprint density at radius 1 is 1.08 bits per heavy atom. The molecule has 1 saturated carbocycles. The topological polar surface area (TPSA) is 67.4 Å². The van der Waals surface area contributed by atoms with Crippen LogP contribution in [0.5, 0.6) is 5.75 Å². The molecule has 0 radical (unpaired) electrons. The van der Waals surface area contributed by atoms with Gasteiger partial charge in [0.05, 0.1) is 11.8 Å². The Labute approximate surface area is 150 Å². The van der Waals surface area contributed by atoms with Gasteiger partial charge in [-0.05, 0) is 52.7 Å². The monoisotopic (exact) mass is 346 g/mol. The van der Waals surface area contributed by atoms with Crippen LogP contribution in [0.3, 0.4) is 0 Å².